The van der Waals surface area contributed by atoms with Crippen molar-refractivity contribution < 1.29 is 9.53 Å². The maximum Gasteiger partial charge on any atom is 0.249 e. The molecule has 1 N–H and O–H groups in total. The molecule has 25 heavy (non-hydrogen) atoms. The van der Waals surface area contributed by atoms with Gasteiger partial charge in [0.1, 0.15) is 6.10 Å². The van der Waals surface area contributed by atoms with Crippen molar-refractivity contribution in [1.29, 1.82) is 0 Å². The molecule has 4 rings (SSSR count). The third-order valence-electron chi connectivity index (χ3n) is 5.74. The van der Waals surface area contributed by atoms with Gasteiger partial charge in [-0.1, -0.05) is 0 Å². The normalized spacial score (nSPS) is 30.9. The van der Waals surface area contributed by atoms with Gasteiger partial charge in [-0.3, -0.25) is 4.79 Å². The molecule has 0 bridgehead atoms. The highest BCUT2D eigenvalue weighted by Gasteiger charge is 2.42. The predicted molar refractivity (Wildman–Crippen MR) is 94.3 cm³/mol. The number of piperidine rings is 2. The SMILES string of the molecule is CN1CCC(NC(=O)[C@@H]2C[C@@H]3CCN(c4ncccn4)C[C@H]3O2)CC1. The molecule has 3 atom stereocenters. The fourth-order valence-electron chi connectivity index (χ4n) is 4.18. The smallest absolute Gasteiger partial charge is 0.249 e. The van der Waals surface area contributed by atoms with Crippen molar-refractivity contribution in [3.8, 4) is 0 Å². The summed E-state index contributed by atoms with van der Waals surface area (Å²) in [5.41, 5.74) is 0. The number of likely N-dealkylation sites (tertiary alicyclic amines) is 1. The lowest BCUT2D eigenvalue weighted by atomic mass is 9.91. The fourth-order valence-corrected chi connectivity index (χ4v) is 4.18. The van der Waals surface area contributed by atoms with Crippen molar-refractivity contribution in [2.75, 3.05) is 38.1 Å². The fraction of sp³-hybridized carbons (Fsp3) is 0.722. The van der Waals surface area contributed by atoms with Crippen molar-refractivity contribution in [2.24, 2.45) is 5.92 Å². The number of carbonyl (C=O) groups excluding carboxylic acids is 1. The first-order valence-electron chi connectivity index (χ1n) is 9.35. The molecule has 3 aliphatic rings. The Morgan fingerprint density at radius 2 is 1.96 bits per heavy atom. The van der Waals surface area contributed by atoms with Crippen LogP contribution in [0.5, 0.6) is 0 Å². The van der Waals surface area contributed by atoms with Gasteiger partial charge in [0.25, 0.3) is 0 Å². The second-order valence-electron chi connectivity index (χ2n) is 7.53. The zero-order valence-corrected chi connectivity index (χ0v) is 14.8. The lowest BCUT2D eigenvalue weighted by Gasteiger charge is -2.33. The number of carbonyl (C=O) groups is 1. The first-order chi connectivity index (χ1) is 12.2. The van der Waals surface area contributed by atoms with Crippen molar-refractivity contribution in [1.82, 2.24) is 20.2 Å². The molecule has 7 nitrogen and oxygen atoms in total. The van der Waals surface area contributed by atoms with E-state index in [1.54, 1.807) is 12.4 Å². The molecule has 136 valence electrons. The van der Waals surface area contributed by atoms with E-state index in [-0.39, 0.29) is 18.1 Å². The van der Waals surface area contributed by atoms with Gasteiger partial charge < -0.3 is 19.9 Å². The van der Waals surface area contributed by atoms with E-state index >= 15 is 0 Å². The number of rotatable bonds is 3. The monoisotopic (exact) mass is 345 g/mol. The summed E-state index contributed by atoms with van der Waals surface area (Å²) in [5, 5.41) is 3.21. The minimum atomic E-state index is -0.300. The minimum Gasteiger partial charge on any atom is -0.363 e. The average Bonchev–Trinajstić information content (AvgIpc) is 3.08. The first-order valence-corrected chi connectivity index (χ1v) is 9.35. The summed E-state index contributed by atoms with van der Waals surface area (Å²) in [6, 6.07) is 2.12. The van der Waals surface area contributed by atoms with Crippen LogP contribution >= 0.6 is 0 Å². The van der Waals surface area contributed by atoms with Crippen LogP contribution < -0.4 is 10.2 Å². The average molecular weight is 345 g/mol. The van der Waals surface area contributed by atoms with E-state index < -0.39 is 0 Å². The number of nitrogens with one attached hydrogen (secondary N) is 1. The topological polar surface area (TPSA) is 70.6 Å². The van der Waals surface area contributed by atoms with Crippen LogP contribution in [0.25, 0.3) is 0 Å². The summed E-state index contributed by atoms with van der Waals surface area (Å²) in [6.07, 6.45) is 7.26. The Hall–Kier alpha value is -1.73. The summed E-state index contributed by atoms with van der Waals surface area (Å²) < 4.78 is 6.12. The standard InChI is InChI=1S/C18H27N5O2/c1-22-8-4-14(5-9-22)21-17(24)15-11-13-3-10-23(12-16(13)25-15)18-19-6-2-7-20-18/h2,6-7,13-16H,3-5,8-12H2,1H3,(H,21,24)/t13-,15-,16+/m0/s1. The molecule has 1 aromatic heterocycles. The van der Waals surface area contributed by atoms with E-state index in [2.05, 4.69) is 32.1 Å². The quantitative estimate of drug-likeness (QED) is 0.868. The summed E-state index contributed by atoms with van der Waals surface area (Å²) in [5.74, 6) is 1.29. The highest BCUT2D eigenvalue weighted by atomic mass is 16.5. The Morgan fingerprint density at radius 3 is 2.72 bits per heavy atom. The molecule has 0 spiro atoms. The third kappa shape index (κ3) is 3.77. The Labute approximate surface area is 148 Å². The van der Waals surface area contributed by atoms with Gasteiger partial charge in [0.15, 0.2) is 0 Å². The number of anilines is 1. The van der Waals surface area contributed by atoms with Gasteiger partial charge >= 0.3 is 0 Å². The molecule has 7 heteroatoms. The first kappa shape index (κ1) is 16.7. The Bertz CT molecular complexity index is 590. The number of hydrogen-bond acceptors (Lipinski definition) is 6. The Kier molecular flexibility index (Phi) is 4.85. The van der Waals surface area contributed by atoms with E-state index in [9.17, 15) is 4.79 Å². The van der Waals surface area contributed by atoms with Crippen molar-refractivity contribution >= 4 is 11.9 Å². The van der Waals surface area contributed by atoms with E-state index in [0.717, 1.165) is 57.8 Å². The van der Waals surface area contributed by atoms with E-state index in [0.29, 0.717) is 12.0 Å². The molecule has 0 radical (unpaired) electrons. The van der Waals surface area contributed by atoms with Crippen LogP contribution in [0.15, 0.2) is 18.5 Å². The summed E-state index contributed by atoms with van der Waals surface area (Å²) in [6.45, 7) is 3.80. The molecule has 1 amide bonds. The van der Waals surface area contributed by atoms with Crippen molar-refractivity contribution in [3.63, 3.8) is 0 Å². The molecule has 0 aromatic carbocycles. The molecule has 3 aliphatic heterocycles. The van der Waals surface area contributed by atoms with Crippen molar-refractivity contribution in [2.45, 2.75) is 43.9 Å². The molecule has 0 unspecified atom stereocenters. The zero-order valence-electron chi connectivity index (χ0n) is 14.8. The zero-order chi connectivity index (χ0) is 17.2. The van der Waals surface area contributed by atoms with Crippen molar-refractivity contribution in [3.05, 3.63) is 18.5 Å². The van der Waals surface area contributed by atoms with E-state index in [4.69, 9.17) is 4.74 Å². The summed E-state index contributed by atoms with van der Waals surface area (Å²) >= 11 is 0. The van der Waals surface area contributed by atoms with Gasteiger partial charge in [-0.2, -0.15) is 0 Å². The number of fused-ring (bicyclic) bond motifs is 1. The van der Waals surface area contributed by atoms with Crippen LogP contribution in [0.4, 0.5) is 5.95 Å². The van der Waals surface area contributed by atoms with Gasteiger partial charge in [0.05, 0.1) is 6.10 Å². The molecule has 3 saturated heterocycles. The van der Waals surface area contributed by atoms with Gasteiger partial charge in [0.2, 0.25) is 11.9 Å². The maximum absolute atomic E-state index is 12.6. The Morgan fingerprint density at radius 1 is 1.20 bits per heavy atom. The van der Waals surface area contributed by atoms with Gasteiger partial charge in [-0.15, -0.1) is 0 Å². The molecule has 3 fully saturated rings. The highest BCUT2D eigenvalue weighted by molar-refractivity contribution is 5.81. The molecule has 1 aromatic rings. The van der Waals surface area contributed by atoms with Crippen LogP contribution in [0.1, 0.15) is 25.7 Å². The predicted octanol–water partition coefficient (Wildman–Crippen LogP) is 0.671. The van der Waals surface area contributed by atoms with Crippen LogP contribution in [-0.2, 0) is 9.53 Å². The van der Waals surface area contributed by atoms with Gasteiger partial charge in [-0.05, 0) is 57.8 Å². The number of amides is 1. The van der Waals surface area contributed by atoms with E-state index in [1.807, 2.05) is 6.07 Å². The molecule has 0 saturated carbocycles. The van der Waals surface area contributed by atoms with Gasteiger partial charge in [0, 0.05) is 31.5 Å². The summed E-state index contributed by atoms with van der Waals surface area (Å²) in [7, 11) is 2.13. The van der Waals surface area contributed by atoms with Gasteiger partial charge in [-0.25, -0.2) is 9.97 Å². The van der Waals surface area contributed by atoms with Crippen LogP contribution in [0.2, 0.25) is 0 Å². The largest absolute Gasteiger partial charge is 0.363 e. The van der Waals surface area contributed by atoms with Crippen LogP contribution in [0.3, 0.4) is 0 Å². The molecule has 4 heterocycles. The van der Waals surface area contributed by atoms with Crippen LogP contribution in [0, 0.1) is 5.92 Å². The molecular formula is C18H27N5O2. The second kappa shape index (κ2) is 7.25. The summed E-state index contributed by atoms with van der Waals surface area (Å²) in [4.78, 5) is 25.7. The number of ether oxygens (including phenoxy) is 1. The molecule has 0 aliphatic carbocycles. The highest BCUT2D eigenvalue weighted by Crippen LogP contribution is 2.34. The molecular weight excluding hydrogens is 318 g/mol. The van der Waals surface area contributed by atoms with Crippen LogP contribution in [-0.4, -0.2) is 72.3 Å². The Balaban J connectivity index is 1.31. The lowest BCUT2D eigenvalue weighted by Crippen LogP contribution is -2.47. The number of aromatic nitrogens is 2. The number of nitrogens with zero attached hydrogens (tertiary/aromatic N) is 4. The lowest BCUT2D eigenvalue weighted by molar-refractivity contribution is -0.133. The third-order valence-corrected chi connectivity index (χ3v) is 5.74. The van der Waals surface area contributed by atoms with E-state index in [1.165, 1.54) is 0 Å². The maximum atomic E-state index is 12.6. The second-order valence-corrected chi connectivity index (χ2v) is 7.53. The minimum absolute atomic E-state index is 0.0754. The number of hydrogen-bond donors (Lipinski definition) is 1.